The molecule has 200 valence electrons. The minimum Gasteiger partial charge on any atom is -0.460 e. The van der Waals surface area contributed by atoms with E-state index in [0.29, 0.717) is 0 Å². The molecule has 10 rings (SSSR count). The second-order valence-electron chi connectivity index (χ2n) is 11.2. The van der Waals surface area contributed by atoms with Crippen LogP contribution in [-0.4, -0.2) is 0 Å². The summed E-state index contributed by atoms with van der Waals surface area (Å²) in [6.07, 6.45) is 1.73. The second kappa shape index (κ2) is 8.57. The number of hydrogen-bond donors (Lipinski definition) is 0. The molecule has 7 aromatic carbocycles. The topological polar surface area (TPSA) is 26.3 Å². The summed E-state index contributed by atoms with van der Waals surface area (Å²) in [4.78, 5) is 0. The lowest BCUT2D eigenvalue weighted by Crippen LogP contribution is -1.91. The van der Waals surface area contributed by atoms with Crippen LogP contribution in [0.3, 0.4) is 0 Å². The van der Waals surface area contributed by atoms with E-state index in [1.54, 1.807) is 6.26 Å². The lowest BCUT2D eigenvalue weighted by molar-refractivity contribution is 0.600. The lowest BCUT2D eigenvalue weighted by atomic mass is 9.85. The first-order chi connectivity index (χ1) is 21.3. The summed E-state index contributed by atoms with van der Waals surface area (Å²) < 4.78 is 15.2. The molecule has 10 aromatic rings. The van der Waals surface area contributed by atoms with Gasteiger partial charge in [-0.15, -0.1) is 11.3 Å². The molecule has 43 heavy (non-hydrogen) atoms. The van der Waals surface area contributed by atoms with Crippen molar-refractivity contribution in [3.8, 4) is 22.3 Å². The van der Waals surface area contributed by atoms with Crippen molar-refractivity contribution in [2.24, 2.45) is 0 Å². The summed E-state index contributed by atoms with van der Waals surface area (Å²) in [5.41, 5.74) is 7.32. The highest BCUT2D eigenvalue weighted by atomic mass is 32.1. The van der Waals surface area contributed by atoms with Crippen LogP contribution in [0.1, 0.15) is 0 Å². The molecule has 0 radical (unpaired) electrons. The number of hydrogen-bond acceptors (Lipinski definition) is 3. The van der Waals surface area contributed by atoms with Gasteiger partial charge in [-0.05, 0) is 45.3 Å². The Morgan fingerprint density at radius 3 is 1.72 bits per heavy atom. The van der Waals surface area contributed by atoms with Crippen molar-refractivity contribution in [3.05, 3.63) is 134 Å². The molecule has 0 fully saturated rings. The Balaban J connectivity index is 1.36. The van der Waals surface area contributed by atoms with Crippen LogP contribution in [0.4, 0.5) is 0 Å². The fraction of sp³-hybridized carbons (Fsp3) is 0. The van der Waals surface area contributed by atoms with Crippen molar-refractivity contribution in [1.82, 2.24) is 0 Å². The fourth-order valence-electron chi connectivity index (χ4n) is 7.13. The number of benzene rings is 7. The maximum Gasteiger partial charge on any atom is 0.178 e. The van der Waals surface area contributed by atoms with Gasteiger partial charge in [0.1, 0.15) is 5.58 Å². The summed E-state index contributed by atoms with van der Waals surface area (Å²) in [5.74, 6) is 0. The Bertz CT molecular complexity index is 2680. The highest BCUT2D eigenvalue weighted by Crippen LogP contribution is 2.49. The average Bonchev–Trinajstić information content (AvgIpc) is 3.79. The van der Waals surface area contributed by atoms with Gasteiger partial charge >= 0.3 is 0 Å². The Morgan fingerprint density at radius 1 is 0.395 bits per heavy atom. The first-order valence-corrected chi connectivity index (χ1v) is 15.3. The van der Waals surface area contributed by atoms with E-state index in [4.69, 9.17) is 8.83 Å². The summed E-state index contributed by atoms with van der Waals surface area (Å²) >= 11 is 1.88. The van der Waals surface area contributed by atoms with Crippen LogP contribution in [0, 0.1) is 0 Å². The third-order valence-corrected chi connectivity index (χ3v) is 10.2. The Kier molecular flexibility index (Phi) is 4.63. The molecule has 0 unspecified atom stereocenters. The summed E-state index contributed by atoms with van der Waals surface area (Å²) in [6, 6.07) is 45.9. The van der Waals surface area contributed by atoms with Gasteiger partial charge in [0.15, 0.2) is 11.2 Å². The predicted octanol–water partition coefficient (Wildman–Crippen LogP) is 12.3. The van der Waals surface area contributed by atoms with E-state index in [9.17, 15) is 0 Å². The first kappa shape index (κ1) is 23.2. The smallest absolute Gasteiger partial charge is 0.178 e. The molecule has 0 bridgehead atoms. The van der Waals surface area contributed by atoms with Gasteiger partial charge in [-0.2, -0.15) is 0 Å². The molecule has 2 nitrogen and oxygen atoms in total. The van der Waals surface area contributed by atoms with Crippen LogP contribution < -0.4 is 0 Å². The quantitative estimate of drug-likeness (QED) is 0.195. The zero-order valence-corrected chi connectivity index (χ0v) is 23.7. The molecule has 0 spiro atoms. The number of thiophene rings is 1. The Morgan fingerprint density at radius 2 is 0.977 bits per heavy atom. The predicted molar refractivity (Wildman–Crippen MR) is 182 cm³/mol. The van der Waals surface area contributed by atoms with E-state index < -0.39 is 0 Å². The van der Waals surface area contributed by atoms with Gasteiger partial charge in [0.25, 0.3) is 0 Å². The fourth-order valence-corrected chi connectivity index (χ4v) is 8.35. The monoisotopic (exact) mass is 566 g/mol. The van der Waals surface area contributed by atoms with Gasteiger partial charge in [-0.3, -0.25) is 0 Å². The van der Waals surface area contributed by atoms with Crippen molar-refractivity contribution < 1.29 is 8.83 Å². The SMILES string of the molecule is c1ccc2c(c1)sc1c(-c3c4ccccc4c(-c4cccc5c4oc4c5ccc5ccoc54)c4ccccc34)cccc12. The van der Waals surface area contributed by atoms with Gasteiger partial charge in [-0.25, -0.2) is 0 Å². The third-order valence-electron chi connectivity index (χ3n) is 8.96. The molecule has 3 heterocycles. The van der Waals surface area contributed by atoms with Crippen molar-refractivity contribution in [2.75, 3.05) is 0 Å². The number of fused-ring (bicyclic) bond motifs is 10. The molecule has 0 saturated carbocycles. The summed E-state index contributed by atoms with van der Waals surface area (Å²) in [7, 11) is 0. The minimum atomic E-state index is 0.793. The molecule has 0 N–H and O–H groups in total. The van der Waals surface area contributed by atoms with E-state index in [-0.39, 0.29) is 0 Å². The van der Waals surface area contributed by atoms with Crippen molar-refractivity contribution in [3.63, 3.8) is 0 Å². The average molecular weight is 567 g/mol. The Labute approximate surface area is 250 Å². The van der Waals surface area contributed by atoms with Crippen LogP contribution in [-0.2, 0) is 0 Å². The maximum absolute atomic E-state index is 6.72. The molecule has 0 saturated heterocycles. The van der Waals surface area contributed by atoms with E-state index >= 15 is 0 Å². The van der Waals surface area contributed by atoms with Crippen LogP contribution in [0.2, 0.25) is 0 Å². The van der Waals surface area contributed by atoms with Gasteiger partial charge in [0.05, 0.1) is 6.26 Å². The van der Waals surface area contributed by atoms with E-state index in [0.717, 1.165) is 38.5 Å². The largest absolute Gasteiger partial charge is 0.460 e. The van der Waals surface area contributed by atoms with Crippen LogP contribution in [0.25, 0.3) is 96.9 Å². The van der Waals surface area contributed by atoms with Crippen LogP contribution in [0.5, 0.6) is 0 Å². The Hall–Kier alpha value is -5.38. The highest BCUT2D eigenvalue weighted by molar-refractivity contribution is 7.26. The van der Waals surface area contributed by atoms with E-state index in [2.05, 4.69) is 121 Å². The van der Waals surface area contributed by atoms with Gasteiger partial charge in [0.2, 0.25) is 0 Å². The standard InChI is InChI=1S/C40H22O2S/c1-3-12-27-25(10-1)35(32-16-7-14-29-30-20-19-23-21-22-41-37(23)39(30)42-38(29)32)26-11-2-4-13-28(26)36(27)33-17-8-15-31-24-9-5-6-18-34(24)43-40(31)33/h1-22H. The number of furan rings is 2. The zero-order chi connectivity index (χ0) is 28.1. The molecular weight excluding hydrogens is 545 g/mol. The number of rotatable bonds is 2. The summed E-state index contributed by atoms with van der Waals surface area (Å²) in [5, 5.41) is 10.7. The van der Waals surface area contributed by atoms with Crippen molar-refractivity contribution >= 4 is 86.0 Å². The molecule has 3 aromatic heterocycles. The van der Waals surface area contributed by atoms with E-state index in [1.807, 2.05) is 17.4 Å². The maximum atomic E-state index is 6.72. The van der Waals surface area contributed by atoms with Crippen molar-refractivity contribution in [2.45, 2.75) is 0 Å². The third kappa shape index (κ3) is 3.12. The minimum absolute atomic E-state index is 0.793. The zero-order valence-electron chi connectivity index (χ0n) is 22.9. The molecular formula is C40H22O2S. The molecule has 0 amide bonds. The molecule has 0 atom stereocenters. The first-order valence-electron chi connectivity index (χ1n) is 14.5. The van der Waals surface area contributed by atoms with Gasteiger partial charge in [0, 0.05) is 53.0 Å². The lowest BCUT2D eigenvalue weighted by Gasteiger charge is -2.18. The normalized spacial score (nSPS) is 12.2. The molecule has 3 heteroatoms. The molecule has 0 aliphatic carbocycles. The molecule has 0 aliphatic rings. The van der Waals surface area contributed by atoms with Crippen LogP contribution in [0.15, 0.2) is 142 Å². The van der Waals surface area contributed by atoms with E-state index in [1.165, 1.54) is 58.4 Å². The summed E-state index contributed by atoms with van der Waals surface area (Å²) in [6.45, 7) is 0. The second-order valence-corrected chi connectivity index (χ2v) is 12.2. The van der Waals surface area contributed by atoms with Crippen molar-refractivity contribution in [1.29, 1.82) is 0 Å². The number of para-hydroxylation sites is 1. The van der Waals surface area contributed by atoms with Gasteiger partial charge < -0.3 is 8.83 Å². The van der Waals surface area contributed by atoms with Gasteiger partial charge in [-0.1, -0.05) is 109 Å². The highest BCUT2D eigenvalue weighted by Gasteiger charge is 2.22. The molecule has 0 aliphatic heterocycles. The van der Waals surface area contributed by atoms with Crippen LogP contribution >= 0.6 is 11.3 Å².